The number of carbonyl (C=O) groups is 3. The van der Waals surface area contributed by atoms with Gasteiger partial charge in [-0.15, -0.1) is 0 Å². The Kier molecular flexibility index (Phi) is 5.61. The van der Waals surface area contributed by atoms with E-state index in [1.165, 1.54) is 19.6 Å². The van der Waals surface area contributed by atoms with Gasteiger partial charge in [-0.2, -0.15) is 4.36 Å². The highest BCUT2D eigenvalue weighted by Gasteiger charge is 2.34. The topological polar surface area (TPSA) is 111 Å². The summed E-state index contributed by atoms with van der Waals surface area (Å²) in [5.41, 5.74) is -0.611. The average Bonchev–Trinajstić information content (AvgIpc) is 2.58. The minimum absolute atomic E-state index is 0.113. The number of ketones is 2. The van der Waals surface area contributed by atoms with Crippen LogP contribution in [0.3, 0.4) is 0 Å². The van der Waals surface area contributed by atoms with Crippen molar-refractivity contribution in [3.63, 3.8) is 0 Å². The molecule has 0 aromatic heterocycles. The standard InChI is InChI=1S/C17H18N2O6S/c1-24-11-7-5-10(6-8-11)18-12-9-13(20)15(19-26(3,4)23)14(16(12)21)17(22)25-2/h5-9,18H,1-4H3. The lowest BCUT2D eigenvalue weighted by Gasteiger charge is -2.17. The van der Waals surface area contributed by atoms with Crippen molar-refractivity contribution in [2.75, 3.05) is 32.0 Å². The Hall–Kier alpha value is -2.94. The highest BCUT2D eigenvalue weighted by Crippen LogP contribution is 2.25. The van der Waals surface area contributed by atoms with E-state index in [1.54, 1.807) is 24.3 Å². The van der Waals surface area contributed by atoms with Gasteiger partial charge >= 0.3 is 5.97 Å². The molecule has 1 aromatic carbocycles. The van der Waals surface area contributed by atoms with E-state index < -0.39 is 38.5 Å². The lowest BCUT2D eigenvalue weighted by atomic mass is 9.97. The van der Waals surface area contributed by atoms with E-state index >= 15 is 0 Å². The van der Waals surface area contributed by atoms with E-state index in [-0.39, 0.29) is 5.70 Å². The summed E-state index contributed by atoms with van der Waals surface area (Å²) in [6.07, 6.45) is 3.60. The van der Waals surface area contributed by atoms with Gasteiger partial charge in [0.05, 0.1) is 19.9 Å². The van der Waals surface area contributed by atoms with Crippen LogP contribution in [0.25, 0.3) is 0 Å². The number of allylic oxidation sites excluding steroid dienone is 2. The van der Waals surface area contributed by atoms with Crippen molar-refractivity contribution in [1.82, 2.24) is 0 Å². The molecule has 1 aliphatic rings. The smallest absolute Gasteiger partial charge is 0.344 e. The Morgan fingerprint density at radius 3 is 2.23 bits per heavy atom. The first kappa shape index (κ1) is 19.4. The van der Waals surface area contributed by atoms with Gasteiger partial charge in [0, 0.05) is 34.0 Å². The Labute approximate surface area is 151 Å². The van der Waals surface area contributed by atoms with Gasteiger partial charge in [0.15, 0.2) is 0 Å². The number of Topliss-reactive ketones (excluding diaryl/α,β-unsaturated/α-hetero) is 1. The van der Waals surface area contributed by atoms with Crippen molar-refractivity contribution >= 4 is 33.0 Å². The fraction of sp³-hybridized carbons (Fsp3) is 0.235. The molecule has 0 heterocycles. The van der Waals surface area contributed by atoms with Crippen molar-refractivity contribution in [2.45, 2.75) is 0 Å². The van der Waals surface area contributed by atoms with Gasteiger partial charge in [0.1, 0.15) is 17.0 Å². The Morgan fingerprint density at radius 1 is 1.12 bits per heavy atom. The number of esters is 1. The summed E-state index contributed by atoms with van der Waals surface area (Å²) >= 11 is 0. The first-order chi connectivity index (χ1) is 12.2. The second-order valence-corrected chi connectivity index (χ2v) is 8.14. The zero-order valence-corrected chi connectivity index (χ0v) is 15.5. The summed E-state index contributed by atoms with van der Waals surface area (Å²) in [6, 6.07) is 6.62. The van der Waals surface area contributed by atoms with Crippen molar-refractivity contribution < 1.29 is 28.1 Å². The number of hydrogen-bond donors (Lipinski definition) is 1. The summed E-state index contributed by atoms with van der Waals surface area (Å²) in [4.78, 5) is 37.1. The predicted octanol–water partition coefficient (Wildman–Crippen LogP) is 1.30. The van der Waals surface area contributed by atoms with Gasteiger partial charge in [-0.3, -0.25) is 9.59 Å². The molecule has 0 unspecified atom stereocenters. The minimum Gasteiger partial charge on any atom is -0.497 e. The summed E-state index contributed by atoms with van der Waals surface area (Å²) in [7, 11) is -0.168. The van der Waals surface area contributed by atoms with Gasteiger partial charge in [-0.1, -0.05) is 0 Å². The molecular formula is C17H18N2O6S. The van der Waals surface area contributed by atoms with Crippen LogP contribution in [-0.2, 0) is 28.8 Å². The molecule has 1 aromatic rings. The molecule has 0 bridgehead atoms. The van der Waals surface area contributed by atoms with Gasteiger partial charge in [-0.05, 0) is 24.3 Å². The molecular weight excluding hydrogens is 360 g/mol. The molecule has 138 valence electrons. The normalized spacial score (nSPS) is 14.7. The number of nitrogens with one attached hydrogen (secondary N) is 1. The molecule has 0 saturated heterocycles. The highest BCUT2D eigenvalue weighted by atomic mass is 32.2. The third kappa shape index (κ3) is 4.37. The van der Waals surface area contributed by atoms with Gasteiger partial charge in [0.2, 0.25) is 11.6 Å². The van der Waals surface area contributed by atoms with Crippen LogP contribution in [0.5, 0.6) is 5.75 Å². The molecule has 0 atom stereocenters. The van der Waals surface area contributed by atoms with Crippen LogP contribution in [-0.4, -0.2) is 48.5 Å². The Balaban J connectivity index is 2.45. The Morgan fingerprint density at radius 2 is 1.73 bits per heavy atom. The first-order valence-electron chi connectivity index (χ1n) is 7.38. The average molecular weight is 378 g/mol. The third-order valence-corrected chi connectivity index (χ3v) is 3.91. The molecule has 2 rings (SSSR count). The maximum atomic E-state index is 12.7. The summed E-state index contributed by atoms with van der Waals surface area (Å²) < 4.78 is 25.3. The van der Waals surface area contributed by atoms with Crippen LogP contribution < -0.4 is 10.1 Å². The van der Waals surface area contributed by atoms with Crippen LogP contribution in [0.2, 0.25) is 0 Å². The van der Waals surface area contributed by atoms with Crippen molar-refractivity contribution in [3.8, 4) is 5.75 Å². The largest absolute Gasteiger partial charge is 0.497 e. The summed E-state index contributed by atoms with van der Waals surface area (Å²) in [5.74, 6) is -1.88. The third-order valence-electron chi connectivity index (χ3n) is 3.29. The maximum absolute atomic E-state index is 12.7. The lowest BCUT2D eigenvalue weighted by molar-refractivity contribution is -0.138. The number of benzene rings is 1. The van der Waals surface area contributed by atoms with Crippen molar-refractivity contribution in [1.29, 1.82) is 0 Å². The molecule has 1 aliphatic carbocycles. The molecule has 26 heavy (non-hydrogen) atoms. The van der Waals surface area contributed by atoms with Crippen LogP contribution in [0.1, 0.15) is 0 Å². The maximum Gasteiger partial charge on any atom is 0.344 e. The summed E-state index contributed by atoms with van der Waals surface area (Å²) in [5, 5.41) is 2.78. The minimum atomic E-state index is -2.77. The molecule has 0 radical (unpaired) electrons. The van der Waals surface area contributed by atoms with E-state index in [0.29, 0.717) is 11.4 Å². The zero-order chi connectivity index (χ0) is 19.5. The number of hydrogen-bond acceptors (Lipinski definition) is 8. The van der Waals surface area contributed by atoms with Crippen LogP contribution in [0.15, 0.2) is 51.7 Å². The highest BCUT2D eigenvalue weighted by molar-refractivity contribution is 7.92. The number of carbonyl (C=O) groups excluding carboxylic acids is 3. The Bertz CT molecular complexity index is 942. The lowest BCUT2D eigenvalue weighted by Crippen LogP contribution is -2.28. The first-order valence-corrected chi connectivity index (χ1v) is 9.71. The summed E-state index contributed by atoms with van der Waals surface area (Å²) in [6.45, 7) is 0. The molecule has 0 aliphatic heterocycles. The van der Waals surface area contributed by atoms with Crippen LogP contribution in [0, 0.1) is 0 Å². The van der Waals surface area contributed by atoms with Crippen LogP contribution >= 0.6 is 0 Å². The van der Waals surface area contributed by atoms with Gasteiger partial charge in [-0.25, -0.2) is 9.00 Å². The molecule has 0 spiro atoms. The van der Waals surface area contributed by atoms with Crippen molar-refractivity contribution in [2.24, 2.45) is 4.36 Å². The number of nitrogens with zero attached hydrogens (tertiary/aromatic N) is 1. The van der Waals surface area contributed by atoms with Gasteiger partial charge < -0.3 is 14.8 Å². The second kappa shape index (κ2) is 7.52. The monoisotopic (exact) mass is 378 g/mol. The van der Waals surface area contributed by atoms with Crippen molar-refractivity contribution in [3.05, 3.63) is 47.3 Å². The fourth-order valence-corrected chi connectivity index (χ4v) is 2.78. The number of anilines is 1. The number of rotatable bonds is 5. The van der Waals surface area contributed by atoms with E-state index in [4.69, 9.17) is 4.74 Å². The second-order valence-electron chi connectivity index (χ2n) is 5.59. The van der Waals surface area contributed by atoms with E-state index in [2.05, 4.69) is 14.4 Å². The quantitative estimate of drug-likeness (QED) is 0.467. The van der Waals surface area contributed by atoms with E-state index in [1.807, 2.05) is 0 Å². The van der Waals surface area contributed by atoms with E-state index in [0.717, 1.165) is 13.2 Å². The number of ether oxygens (including phenoxy) is 2. The molecule has 8 nitrogen and oxygen atoms in total. The molecule has 9 heteroatoms. The van der Waals surface area contributed by atoms with Gasteiger partial charge in [0.25, 0.3) is 0 Å². The number of methoxy groups -OCH3 is 2. The molecule has 0 amide bonds. The predicted molar refractivity (Wildman–Crippen MR) is 96.2 cm³/mol. The molecule has 0 saturated carbocycles. The van der Waals surface area contributed by atoms with Crippen LogP contribution in [0.4, 0.5) is 5.69 Å². The molecule has 0 fully saturated rings. The fourth-order valence-electron chi connectivity index (χ4n) is 2.16. The SMILES string of the molecule is COC(=O)C1=C(N=S(C)(C)=O)C(=O)C=C(Nc2ccc(OC)cc2)C1=O. The molecule has 1 N–H and O–H groups in total. The zero-order valence-electron chi connectivity index (χ0n) is 14.7. The van der Waals surface area contributed by atoms with E-state index in [9.17, 15) is 18.6 Å².